The van der Waals surface area contributed by atoms with E-state index in [1.54, 1.807) is 0 Å². The fraction of sp³-hybridized carbons (Fsp3) is 0. The maximum atomic E-state index is 0. The predicted molar refractivity (Wildman–Crippen MR) is 6.41 cm³/mol. The molecule has 0 nitrogen and oxygen atoms in total. The van der Waals surface area contributed by atoms with Gasteiger partial charge in [-0.2, -0.15) is 0 Å². The number of rotatable bonds is 0. The molecule has 0 aromatic carbocycles. The van der Waals surface area contributed by atoms with Gasteiger partial charge >= 0.3 is 0 Å². The van der Waals surface area contributed by atoms with E-state index in [2.05, 4.69) is 0 Å². The molecule has 0 unspecified atom stereocenters. The van der Waals surface area contributed by atoms with Crippen molar-refractivity contribution in [3.63, 3.8) is 0 Å². The van der Waals surface area contributed by atoms with Crippen molar-refractivity contribution in [2.75, 3.05) is 0 Å². The maximum Gasteiger partial charge on any atom is 0 e. The second-order valence-electron chi connectivity index (χ2n) is 0. The molecule has 0 aromatic rings. The average Bonchev–Trinajstić information content (AvgIpc) is 0. The minimum absolute atomic E-state index is 0. The van der Waals surface area contributed by atoms with E-state index in [4.69, 9.17) is 0 Å². The Balaban J connectivity index is 0. The molecule has 0 saturated carbocycles. The summed E-state index contributed by atoms with van der Waals surface area (Å²) in [5, 5.41) is 0. The zero-order valence-electron chi connectivity index (χ0n) is 2.93. The van der Waals surface area contributed by atoms with Gasteiger partial charge in [-0.3, -0.25) is 0 Å². The molecular formula is CH3UVWY-. The van der Waals surface area contributed by atoms with Crippen molar-refractivity contribution < 1.29 is 103 Å². The molecule has 0 rings (SSSR count). The minimum Gasteiger partial charge on any atom is -0.358 e. The first-order chi connectivity index (χ1) is 0. The molecule has 0 amide bonds. The van der Waals surface area contributed by atoms with Crippen molar-refractivity contribution in [1.82, 2.24) is 0 Å². The van der Waals surface area contributed by atoms with Crippen LogP contribution in [0, 0.1) is 38.5 Å². The molecule has 0 heterocycles. The Morgan fingerprint density at radius 2 is 1.00 bits per heavy atom. The molecule has 2 radical (unpaired) electrons. The van der Waals surface area contributed by atoms with Crippen molar-refractivity contribution in [2.45, 2.75) is 0 Å². The third kappa shape index (κ3) is 18.6. The van der Waals surface area contributed by atoms with E-state index >= 15 is 0 Å². The molecule has 26 valence electrons. The first kappa shape index (κ1) is 39.6. The Bertz CT molecular complexity index is 11.6. The van der Waals surface area contributed by atoms with Crippen molar-refractivity contribution in [3.05, 3.63) is 7.43 Å². The van der Waals surface area contributed by atoms with Crippen LogP contribution in [0.15, 0.2) is 0 Å². The van der Waals surface area contributed by atoms with Gasteiger partial charge < -0.3 is 7.43 Å². The molecule has 0 aliphatic heterocycles. The summed E-state index contributed by atoms with van der Waals surface area (Å²) in [5.74, 6) is 0. The average molecular weight is 577 g/mol. The predicted octanol–water partition coefficient (Wildman–Crippen LogP) is 0.443. The molecule has 0 atom stereocenters. The number of hydrogen-bond donors (Lipinski definition) is 0. The quantitative estimate of drug-likeness (QED) is 0.368. The van der Waals surface area contributed by atoms with Crippen LogP contribution in [0.5, 0.6) is 0 Å². The summed E-state index contributed by atoms with van der Waals surface area (Å²) >= 11 is 0. The molecule has 5 heavy (non-hydrogen) atoms. The summed E-state index contributed by atoms with van der Waals surface area (Å²) in [5.41, 5.74) is 0. The van der Waals surface area contributed by atoms with Crippen LogP contribution in [0.2, 0.25) is 0 Å². The van der Waals surface area contributed by atoms with Crippen LogP contribution < -0.4 is 0 Å². The first-order valence-corrected chi connectivity index (χ1v) is 0. The summed E-state index contributed by atoms with van der Waals surface area (Å²) in [6.45, 7) is 0. The zero-order valence-corrected chi connectivity index (χ0v) is 14.3. The van der Waals surface area contributed by atoms with Gasteiger partial charge in [0, 0.05) is 103 Å². The van der Waals surface area contributed by atoms with Crippen LogP contribution >= 0.6 is 0 Å². The third-order valence-corrected chi connectivity index (χ3v) is 0. The van der Waals surface area contributed by atoms with Crippen LogP contribution in [-0.2, 0) is 72.3 Å². The van der Waals surface area contributed by atoms with E-state index in [9.17, 15) is 0 Å². The monoisotopic (exact) mass is 577 g/mol. The molecule has 0 saturated heterocycles. The summed E-state index contributed by atoms with van der Waals surface area (Å²) < 4.78 is 0. The Morgan fingerprint density at radius 3 is 1.00 bits per heavy atom. The zero-order chi connectivity index (χ0) is 0. The Morgan fingerprint density at radius 1 is 1.00 bits per heavy atom. The van der Waals surface area contributed by atoms with Gasteiger partial charge in [-0.15, -0.1) is 0 Å². The van der Waals surface area contributed by atoms with Gasteiger partial charge in [0.15, 0.2) is 0 Å². The fourth-order valence-electron chi connectivity index (χ4n) is 0. The molecule has 0 fully saturated rings. The van der Waals surface area contributed by atoms with E-state index in [-0.39, 0.29) is 111 Å². The van der Waals surface area contributed by atoms with E-state index in [0.29, 0.717) is 0 Å². The van der Waals surface area contributed by atoms with Gasteiger partial charge in [0.1, 0.15) is 0 Å². The molecule has 4 heteroatoms. The molecule has 0 aromatic heterocycles. The minimum atomic E-state index is 0. The van der Waals surface area contributed by atoms with Gasteiger partial charge in [-0.25, -0.2) is 0 Å². The summed E-state index contributed by atoms with van der Waals surface area (Å²) in [7, 11) is 0. The van der Waals surface area contributed by atoms with Crippen molar-refractivity contribution in [2.24, 2.45) is 0 Å². The Kier molecular flexibility index (Phi) is 207. The van der Waals surface area contributed by atoms with Crippen LogP contribution in [-0.4, -0.2) is 0 Å². The topological polar surface area (TPSA) is 0 Å². The molecule has 0 N–H and O–H groups in total. The van der Waals surface area contributed by atoms with Crippen molar-refractivity contribution in [1.29, 1.82) is 0 Å². The van der Waals surface area contributed by atoms with Gasteiger partial charge in [-0.05, 0) is 0 Å². The van der Waals surface area contributed by atoms with Crippen molar-refractivity contribution >= 4 is 0 Å². The van der Waals surface area contributed by atoms with Crippen LogP contribution in [0.3, 0.4) is 0 Å². The van der Waals surface area contributed by atoms with E-state index in [0.717, 1.165) is 0 Å². The third-order valence-electron chi connectivity index (χ3n) is 0. The summed E-state index contributed by atoms with van der Waals surface area (Å²) in [4.78, 5) is 0. The van der Waals surface area contributed by atoms with Crippen LogP contribution in [0.4, 0.5) is 0 Å². The second kappa shape index (κ2) is 26.1. The van der Waals surface area contributed by atoms with Gasteiger partial charge in [0.05, 0.1) is 0 Å². The van der Waals surface area contributed by atoms with Crippen LogP contribution in [0.1, 0.15) is 0 Å². The Labute approximate surface area is 108 Å². The summed E-state index contributed by atoms with van der Waals surface area (Å²) in [6, 6.07) is 0. The molecule has 0 spiro atoms. The molecule has 0 aliphatic rings. The smallest absolute Gasteiger partial charge is 0 e. The van der Waals surface area contributed by atoms with Gasteiger partial charge in [0.2, 0.25) is 0 Å². The van der Waals surface area contributed by atoms with E-state index in [1.165, 1.54) is 0 Å². The normalized spacial score (nSPS) is 0. The standard InChI is InChI=1S/CH3.U.V.W.Y/h1H3;;;;/q-1;;;;. The maximum absolute atomic E-state index is 0. The van der Waals surface area contributed by atoms with E-state index < -0.39 is 0 Å². The van der Waals surface area contributed by atoms with E-state index in [1.807, 2.05) is 0 Å². The SMILES string of the molecule is [CH3-].[U].[V].[W].[Y]. The Hall–Kier alpha value is 3.43. The summed E-state index contributed by atoms with van der Waals surface area (Å²) in [6.07, 6.45) is 0. The van der Waals surface area contributed by atoms with Crippen LogP contribution in [0.25, 0.3) is 0 Å². The molecular weight excluding hydrogens is 574 g/mol. The van der Waals surface area contributed by atoms with Gasteiger partial charge in [-0.1, -0.05) is 0 Å². The fourth-order valence-corrected chi connectivity index (χ4v) is 0. The second-order valence-corrected chi connectivity index (χ2v) is 0. The largest absolute Gasteiger partial charge is 0.358 e. The first-order valence-electron chi connectivity index (χ1n) is 0. The molecule has 0 bridgehead atoms. The number of hydrogen-bond acceptors (Lipinski definition) is 0. The molecule has 0 aliphatic carbocycles. The van der Waals surface area contributed by atoms with Gasteiger partial charge in [0.25, 0.3) is 0 Å². The van der Waals surface area contributed by atoms with Crippen molar-refractivity contribution in [3.8, 4) is 0 Å².